The molecule has 1 aromatic heterocycles. The average Bonchev–Trinajstić information content (AvgIpc) is 3.12. The van der Waals surface area contributed by atoms with Gasteiger partial charge in [-0.1, -0.05) is 23.4 Å². The van der Waals surface area contributed by atoms with Crippen molar-refractivity contribution in [1.82, 2.24) is 5.16 Å². The van der Waals surface area contributed by atoms with Gasteiger partial charge >= 0.3 is 0 Å². The van der Waals surface area contributed by atoms with Crippen LogP contribution in [0.15, 0.2) is 45.1 Å². The number of rotatable bonds is 5. The Hall–Kier alpha value is -3.02. The second kappa shape index (κ2) is 8.15. The van der Waals surface area contributed by atoms with Crippen LogP contribution in [-0.2, 0) is 17.6 Å². The Morgan fingerprint density at radius 2 is 1.86 bits per heavy atom. The molecule has 150 valence electrons. The molecule has 0 unspecified atom stereocenters. The Morgan fingerprint density at radius 1 is 1.10 bits per heavy atom. The molecule has 0 aliphatic heterocycles. The first kappa shape index (κ1) is 19.3. The van der Waals surface area contributed by atoms with E-state index in [0.717, 1.165) is 24.1 Å². The van der Waals surface area contributed by atoms with Crippen molar-refractivity contribution in [2.24, 2.45) is 4.99 Å². The molecule has 0 saturated carbocycles. The minimum atomic E-state index is -0.0839. The Balaban J connectivity index is 1.69. The van der Waals surface area contributed by atoms with Crippen LogP contribution >= 0.6 is 0 Å². The number of para-hydroxylation sites is 1. The van der Waals surface area contributed by atoms with Gasteiger partial charge in [0.2, 0.25) is 0 Å². The van der Waals surface area contributed by atoms with E-state index in [9.17, 15) is 14.7 Å². The number of carbonyl (C=O) groups is 2. The summed E-state index contributed by atoms with van der Waals surface area (Å²) in [4.78, 5) is 29.6. The number of nitrogens with zero attached hydrogens (tertiary/aromatic N) is 2. The summed E-state index contributed by atoms with van der Waals surface area (Å²) in [6, 6.07) is 7.68. The predicted octanol–water partition coefficient (Wildman–Crippen LogP) is 4.77. The monoisotopic (exact) mass is 392 g/mol. The minimum Gasteiger partial charge on any atom is -0.511 e. The molecule has 4 rings (SSSR count). The first-order valence-electron chi connectivity index (χ1n) is 10.1. The summed E-state index contributed by atoms with van der Waals surface area (Å²) in [5.74, 6) is 0.742. The number of aliphatic hydroxyl groups excluding tert-OH is 1. The Bertz CT molecular complexity index is 1030. The maximum absolute atomic E-state index is 12.6. The van der Waals surface area contributed by atoms with E-state index in [1.54, 1.807) is 0 Å². The number of hydrogen-bond donors (Lipinski definition) is 1. The van der Waals surface area contributed by atoms with Gasteiger partial charge < -0.3 is 9.63 Å². The van der Waals surface area contributed by atoms with Crippen molar-refractivity contribution >= 4 is 23.0 Å². The van der Waals surface area contributed by atoms with Gasteiger partial charge in [-0.3, -0.25) is 14.6 Å². The number of hydrogen-bond acceptors (Lipinski definition) is 6. The third-order valence-electron chi connectivity index (χ3n) is 5.56. The molecule has 1 aromatic carbocycles. The zero-order valence-electron chi connectivity index (χ0n) is 16.5. The van der Waals surface area contributed by atoms with E-state index in [0.29, 0.717) is 66.8 Å². The normalized spacial score (nSPS) is 17.6. The summed E-state index contributed by atoms with van der Waals surface area (Å²) in [7, 11) is 0. The van der Waals surface area contributed by atoms with Crippen molar-refractivity contribution in [3.63, 3.8) is 0 Å². The highest BCUT2D eigenvalue weighted by atomic mass is 16.5. The Labute approximate surface area is 169 Å². The zero-order chi connectivity index (χ0) is 20.4. The SMILES string of the molecule is Cc1ccccc1N=C(CCc1noc2c1C(=O)CCC2)C1=C(O)CCCC1=O. The second-order valence-corrected chi connectivity index (χ2v) is 7.65. The third kappa shape index (κ3) is 3.92. The number of benzene rings is 1. The number of fused-ring (bicyclic) bond motifs is 1. The molecule has 2 aliphatic carbocycles. The van der Waals surface area contributed by atoms with Gasteiger partial charge in [0.1, 0.15) is 11.5 Å². The van der Waals surface area contributed by atoms with E-state index in [-0.39, 0.29) is 17.3 Å². The minimum absolute atomic E-state index is 0.0655. The van der Waals surface area contributed by atoms with Gasteiger partial charge in [-0.25, -0.2) is 0 Å². The number of carbonyl (C=O) groups excluding carboxylic acids is 2. The molecule has 0 radical (unpaired) electrons. The van der Waals surface area contributed by atoms with Crippen LogP contribution in [0.25, 0.3) is 0 Å². The van der Waals surface area contributed by atoms with Gasteiger partial charge in [-0.15, -0.1) is 0 Å². The molecule has 0 atom stereocenters. The van der Waals surface area contributed by atoms with Crippen molar-refractivity contribution in [3.05, 3.63) is 58.2 Å². The number of aryl methyl sites for hydroxylation is 3. The third-order valence-corrected chi connectivity index (χ3v) is 5.56. The largest absolute Gasteiger partial charge is 0.511 e. The summed E-state index contributed by atoms with van der Waals surface area (Å²) in [5.41, 5.74) is 3.83. The number of aliphatic hydroxyl groups is 1. The fourth-order valence-electron chi connectivity index (χ4n) is 4.02. The van der Waals surface area contributed by atoms with Crippen LogP contribution < -0.4 is 0 Å². The first-order valence-corrected chi connectivity index (χ1v) is 10.1. The number of aromatic nitrogens is 1. The molecule has 1 N–H and O–H groups in total. The van der Waals surface area contributed by atoms with Crippen LogP contribution in [0.2, 0.25) is 0 Å². The van der Waals surface area contributed by atoms with E-state index in [4.69, 9.17) is 9.52 Å². The summed E-state index contributed by atoms with van der Waals surface area (Å²) in [6.07, 6.45) is 4.38. The molecule has 0 saturated heterocycles. The van der Waals surface area contributed by atoms with Crippen molar-refractivity contribution in [2.75, 3.05) is 0 Å². The fourth-order valence-corrected chi connectivity index (χ4v) is 4.02. The Kier molecular flexibility index (Phi) is 5.43. The van der Waals surface area contributed by atoms with Crippen LogP contribution in [0.3, 0.4) is 0 Å². The predicted molar refractivity (Wildman–Crippen MR) is 109 cm³/mol. The number of Topliss-reactive ketones (excluding diaryl/α,β-unsaturated/α-hetero) is 2. The Morgan fingerprint density at radius 3 is 2.66 bits per heavy atom. The highest BCUT2D eigenvalue weighted by molar-refractivity contribution is 6.23. The van der Waals surface area contributed by atoms with Gasteiger partial charge in [0.05, 0.1) is 28.2 Å². The van der Waals surface area contributed by atoms with Gasteiger partial charge in [-0.05, 0) is 44.2 Å². The lowest BCUT2D eigenvalue weighted by Crippen LogP contribution is -2.20. The molecule has 0 amide bonds. The maximum Gasteiger partial charge on any atom is 0.168 e. The van der Waals surface area contributed by atoms with Crippen molar-refractivity contribution in [1.29, 1.82) is 0 Å². The standard InChI is InChI=1S/C23H24N2O4/c1-14-6-2-3-7-15(14)24-16(22-18(26)8-4-9-19(22)27)12-13-17-23-20(28)10-5-11-21(23)29-25-17/h2-3,6-7,26H,4-5,8-13H2,1H3. The smallest absolute Gasteiger partial charge is 0.168 e. The quantitative estimate of drug-likeness (QED) is 0.740. The van der Waals surface area contributed by atoms with Gasteiger partial charge in [0, 0.05) is 25.7 Å². The molecule has 1 heterocycles. The number of aliphatic imine (C=N–C) groups is 1. The van der Waals surface area contributed by atoms with Crippen LogP contribution in [0, 0.1) is 6.92 Å². The molecule has 0 spiro atoms. The van der Waals surface area contributed by atoms with Gasteiger partial charge in [-0.2, -0.15) is 0 Å². The van der Waals surface area contributed by atoms with Crippen molar-refractivity contribution in [2.45, 2.75) is 58.3 Å². The van der Waals surface area contributed by atoms with E-state index in [1.165, 1.54) is 0 Å². The van der Waals surface area contributed by atoms with E-state index >= 15 is 0 Å². The van der Waals surface area contributed by atoms with E-state index in [1.807, 2.05) is 31.2 Å². The molecule has 6 nitrogen and oxygen atoms in total. The molecule has 2 aromatic rings. The summed E-state index contributed by atoms with van der Waals surface area (Å²) in [5, 5.41) is 14.6. The molecule has 2 aliphatic rings. The van der Waals surface area contributed by atoms with Crippen molar-refractivity contribution in [3.8, 4) is 0 Å². The molecule has 29 heavy (non-hydrogen) atoms. The molecular formula is C23H24N2O4. The summed E-state index contributed by atoms with van der Waals surface area (Å²) < 4.78 is 5.38. The van der Waals surface area contributed by atoms with Crippen molar-refractivity contribution < 1.29 is 19.2 Å². The van der Waals surface area contributed by atoms with Gasteiger partial charge in [0.25, 0.3) is 0 Å². The van der Waals surface area contributed by atoms with E-state index in [2.05, 4.69) is 5.16 Å². The highest BCUT2D eigenvalue weighted by Gasteiger charge is 2.28. The topological polar surface area (TPSA) is 92.8 Å². The lowest BCUT2D eigenvalue weighted by atomic mass is 9.89. The molecule has 0 bridgehead atoms. The molecule has 0 fully saturated rings. The average molecular weight is 392 g/mol. The first-order chi connectivity index (χ1) is 14.0. The van der Waals surface area contributed by atoms with Crippen LogP contribution in [0.4, 0.5) is 5.69 Å². The van der Waals surface area contributed by atoms with Crippen LogP contribution in [-0.4, -0.2) is 27.5 Å². The molecule has 6 heteroatoms. The second-order valence-electron chi connectivity index (χ2n) is 7.65. The van der Waals surface area contributed by atoms with Crippen LogP contribution in [0.5, 0.6) is 0 Å². The zero-order valence-corrected chi connectivity index (χ0v) is 16.5. The van der Waals surface area contributed by atoms with Gasteiger partial charge in [0.15, 0.2) is 11.6 Å². The lowest BCUT2D eigenvalue weighted by Gasteiger charge is -2.17. The fraction of sp³-hybridized carbons (Fsp3) is 0.391. The lowest BCUT2D eigenvalue weighted by molar-refractivity contribution is -0.115. The molecular weight excluding hydrogens is 368 g/mol. The summed E-state index contributed by atoms with van der Waals surface area (Å²) in [6.45, 7) is 1.96. The summed E-state index contributed by atoms with van der Waals surface area (Å²) >= 11 is 0. The van der Waals surface area contributed by atoms with Crippen LogP contribution in [0.1, 0.15) is 65.9 Å². The number of allylic oxidation sites excluding steroid dienone is 2. The maximum atomic E-state index is 12.6. The highest BCUT2D eigenvalue weighted by Crippen LogP contribution is 2.29. The number of ketones is 2. The van der Waals surface area contributed by atoms with E-state index < -0.39 is 0 Å².